The van der Waals surface area contributed by atoms with Crippen molar-refractivity contribution in [2.75, 3.05) is 32.6 Å². The van der Waals surface area contributed by atoms with Crippen molar-refractivity contribution in [3.05, 3.63) is 53.6 Å². The van der Waals surface area contributed by atoms with Crippen molar-refractivity contribution in [1.82, 2.24) is 14.9 Å². The molecule has 13 heteroatoms. The molecule has 1 unspecified atom stereocenters. The molecular formula is C24H27F5N6O2. The molecule has 2 heterocycles. The van der Waals surface area contributed by atoms with Gasteiger partial charge in [-0.1, -0.05) is 19.1 Å². The van der Waals surface area contributed by atoms with Crippen molar-refractivity contribution < 1.29 is 31.5 Å². The first-order chi connectivity index (χ1) is 17.4. The molecule has 1 amide bonds. The molecule has 8 nitrogen and oxygen atoms in total. The predicted molar refractivity (Wildman–Crippen MR) is 128 cm³/mol. The van der Waals surface area contributed by atoms with Gasteiger partial charge in [0.15, 0.2) is 5.69 Å². The van der Waals surface area contributed by atoms with E-state index in [1.807, 2.05) is 0 Å². The number of methoxy groups -OCH3 is 1. The summed E-state index contributed by atoms with van der Waals surface area (Å²) in [6.07, 6.45) is -2.30. The van der Waals surface area contributed by atoms with Crippen LogP contribution in [-0.2, 0) is 11.0 Å². The maximum atomic E-state index is 14.5. The Bertz CT molecular complexity index is 1150. The van der Waals surface area contributed by atoms with E-state index in [0.29, 0.717) is 17.5 Å². The number of carbonyl (C=O) groups excluding carboxylic acids is 1. The van der Waals surface area contributed by atoms with Crippen LogP contribution in [0.15, 0.2) is 47.3 Å². The second kappa shape index (κ2) is 11.1. The van der Waals surface area contributed by atoms with Gasteiger partial charge in [-0.15, -0.1) is 0 Å². The highest BCUT2D eigenvalue weighted by atomic mass is 19.4. The number of aliphatic imine (C=N–C) groups is 1. The SMILES string of the molecule is CN=CC(=C(N)C(=O)N1CC(F)(F)C[C@@H](C)C1CNc1cnc(C(F)(F)F)cn1)c1ccc(OC)cc1. The van der Waals surface area contributed by atoms with E-state index < -0.39 is 48.6 Å². The van der Waals surface area contributed by atoms with E-state index in [1.54, 1.807) is 31.2 Å². The summed E-state index contributed by atoms with van der Waals surface area (Å²) in [4.78, 5) is 25.4. The summed E-state index contributed by atoms with van der Waals surface area (Å²) in [6, 6.07) is 5.87. The van der Waals surface area contributed by atoms with Crippen LogP contribution in [0.3, 0.4) is 0 Å². The van der Waals surface area contributed by atoms with Gasteiger partial charge < -0.3 is 20.7 Å². The smallest absolute Gasteiger partial charge is 0.434 e. The molecule has 200 valence electrons. The van der Waals surface area contributed by atoms with Gasteiger partial charge in [0.1, 0.15) is 17.3 Å². The number of allylic oxidation sites excluding steroid dienone is 1. The van der Waals surface area contributed by atoms with E-state index in [2.05, 4.69) is 20.3 Å². The second-order valence-corrected chi connectivity index (χ2v) is 8.65. The second-order valence-electron chi connectivity index (χ2n) is 8.65. The van der Waals surface area contributed by atoms with Crippen LogP contribution in [0.4, 0.5) is 27.8 Å². The van der Waals surface area contributed by atoms with Gasteiger partial charge in [-0.2, -0.15) is 13.2 Å². The number of nitrogens with two attached hydrogens (primary N) is 1. The highest BCUT2D eigenvalue weighted by Gasteiger charge is 2.46. The zero-order valence-electron chi connectivity index (χ0n) is 20.4. The maximum absolute atomic E-state index is 14.5. The van der Waals surface area contributed by atoms with Gasteiger partial charge in [0.2, 0.25) is 0 Å². The third kappa shape index (κ3) is 6.71. The number of hydrogen-bond donors (Lipinski definition) is 2. The van der Waals surface area contributed by atoms with Gasteiger partial charge in [-0.05, 0) is 23.6 Å². The number of nitrogens with zero attached hydrogens (tertiary/aromatic N) is 4. The van der Waals surface area contributed by atoms with Gasteiger partial charge in [0.25, 0.3) is 11.8 Å². The lowest BCUT2D eigenvalue weighted by molar-refractivity contribution is -0.148. The van der Waals surface area contributed by atoms with Crippen LogP contribution >= 0.6 is 0 Å². The molecule has 1 aliphatic heterocycles. The van der Waals surface area contributed by atoms with Crippen molar-refractivity contribution in [3.63, 3.8) is 0 Å². The van der Waals surface area contributed by atoms with Crippen LogP contribution in [0.5, 0.6) is 5.75 Å². The third-order valence-corrected chi connectivity index (χ3v) is 5.95. The van der Waals surface area contributed by atoms with E-state index in [9.17, 15) is 26.7 Å². The Morgan fingerprint density at radius 1 is 1.27 bits per heavy atom. The Morgan fingerprint density at radius 3 is 2.49 bits per heavy atom. The Balaban J connectivity index is 1.89. The monoisotopic (exact) mass is 526 g/mol. The van der Waals surface area contributed by atoms with E-state index in [1.165, 1.54) is 20.4 Å². The summed E-state index contributed by atoms with van der Waals surface area (Å²) in [6.45, 7) is 0.632. The van der Waals surface area contributed by atoms with Crippen LogP contribution in [0, 0.1) is 5.92 Å². The molecule has 0 aliphatic carbocycles. The van der Waals surface area contributed by atoms with Gasteiger partial charge in [-0.25, -0.2) is 18.7 Å². The number of nitrogens with one attached hydrogen (secondary N) is 1. The molecule has 37 heavy (non-hydrogen) atoms. The number of hydrogen-bond acceptors (Lipinski definition) is 7. The van der Waals surface area contributed by atoms with Gasteiger partial charge in [0, 0.05) is 31.8 Å². The van der Waals surface area contributed by atoms with Gasteiger partial charge in [0.05, 0.1) is 32.1 Å². The number of ether oxygens (including phenoxy) is 1. The number of likely N-dealkylation sites (tertiary alicyclic amines) is 1. The van der Waals surface area contributed by atoms with Crippen LogP contribution < -0.4 is 15.8 Å². The molecule has 0 spiro atoms. The third-order valence-electron chi connectivity index (χ3n) is 5.95. The summed E-state index contributed by atoms with van der Waals surface area (Å²) in [7, 11) is 2.98. The average molecular weight is 527 g/mol. The van der Waals surface area contributed by atoms with Crippen LogP contribution in [0.25, 0.3) is 5.57 Å². The molecule has 0 bridgehead atoms. The Kier molecular flexibility index (Phi) is 8.34. The van der Waals surface area contributed by atoms with Crippen molar-refractivity contribution in [3.8, 4) is 5.75 Å². The number of anilines is 1. The number of carbonyl (C=O) groups is 1. The minimum absolute atomic E-state index is 0.00508. The number of piperidine rings is 1. The maximum Gasteiger partial charge on any atom is 0.434 e. The minimum Gasteiger partial charge on any atom is -0.497 e. The minimum atomic E-state index is -4.65. The van der Waals surface area contributed by atoms with Crippen molar-refractivity contribution in [1.29, 1.82) is 0 Å². The molecule has 1 fully saturated rings. The summed E-state index contributed by atoms with van der Waals surface area (Å²) in [5.41, 5.74) is 5.55. The molecule has 2 aromatic rings. The standard InChI is InChI=1S/C24H27F5N6O2/c1-14-8-23(25,26)13-35(18(14)10-33-20-12-32-19(11-34-20)24(27,28)29)22(36)21(30)17(9-31-2)15-4-6-16(37-3)7-5-15/h4-7,9,11-12,14,18H,8,10,13,30H2,1-3H3,(H,33,34)/t14-,18?/m1/s1. The first-order valence-corrected chi connectivity index (χ1v) is 11.2. The number of halogens is 5. The Morgan fingerprint density at radius 2 is 1.95 bits per heavy atom. The lowest BCUT2D eigenvalue weighted by Crippen LogP contribution is -2.58. The molecule has 1 aromatic heterocycles. The molecule has 1 aromatic carbocycles. The molecular weight excluding hydrogens is 499 g/mol. The highest BCUT2D eigenvalue weighted by molar-refractivity contribution is 6.18. The first-order valence-electron chi connectivity index (χ1n) is 11.2. The van der Waals surface area contributed by atoms with E-state index in [0.717, 1.165) is 11.1 Å². The fraction of sp³-hybridized carbons (Fsp3) is 0.417. The normalized spacial score (nSPS) is 20.5. The van der Waals surface area contributed by atoms with Gasteiger partial charge in [-0.3, -0.25) is 9.79 Å². The largest absolute Gasteiger partial charge is 0.497 e. The first kappa shape index (κ1) is 27.8. The average Bonchev–Trinajstić information content (AvgIpc) is 2.85. The zero-order valence-corrected chi connectivity index (χ0v) is 20.4. The highest BCUT2D eigenvalue weighted by Crippen LogP contribution is 2.35. The Hall–Kier alpha value is -3.77. The topological polar surface area (TPSA) is 106 Å². The van der Waals surface area contributed by atoms with Crippen LogP contribution in [-0.4, -0.2) is 66.2 Å². The number of aromatic nitrogens is 2. The summed E-state index contributed by atoms with van der Waals surface area (Å²) in [5.74, 6) is -4.06. The van der Waals surface area contributed by atoms with E-state index in [4.69, 9.17) is 10.5 Å². The van der Waals surface area contributed by atoms with Crippen LogP contribution in [0.2, 0.25) is 0 Å². The lowest BCUT2D eigenvalue weighted by Gasteiger charge is -2.43. The van der Waals surface area contributed by atoms with Crippen molar-refractivity contribution in [2.24, 2.45) is 16.6 Å². The lowest BCUT2D eigenvalue weighted by atomic mass is 9.88. The predicted octanol–water partition coefficient (Wildman–Crippen LogP) is 3.86. The zero-order chi connectivity index (χ0) is 27.4. The quantitative estimate of drug-likeness (QED) is 0.323. The summed E-state index contributed by atoms with van der Waals surface area (Å²) >= 11 is 0. The number of benzene rings is 1. The molecule has 0 saturated carbocycles. The molecule has 1 saturated heterocycles. The molecule has 2 atom stereocenters. The Labute approximate surface area is 210 Å². The van der Waals surface area contributed by atoms with Crippen LogP contribution in [0.1, 0.15) is 24.6 Å². The fourth-order valence-electron chi connectivity index (χ4n) is 4.12. The summed E-state index contributed by atoms with van der Waals surface area (Å²) in [5, 5.41) is 2.80. The number of alkyl halides is 5. The molecule has 0 radical (unpaired) electrons. The number of rotatable bonds is 7. The van der Waals surface area contributed by atoms with E-state index in [-0.39, 0.29) is 23.6 Å². The van der Waals surface area contributed by atoms with E-state index >= 15 is 0 Å². The van der Waals surface area contributed by atoms with Crippen molar-refractivity contribution >= 4 is 23.5 Å². The summed E-state index contributed by atoms with van der Waals surface area (Å²) < 4.78 is 72.4. The fourth-order valence-corrected chi connectivity index (χ4v) is 4.12. The van der Waals surface area contributed by atoms with Gasteiger partial charge >= 0.3 is 6.18 Å². The molecule has 1 aliphatic rings. The molecule has 3 N–H and O–H groups in total. The number of amides is 1. The van der Waals surface area contributed by atoms with Crippen molar-refractivity contribution in [2.45, 2.75) is 31.5 Å². The molecule has 3 rings (SSSR count).